The van der Waals surface area contributed by atoms with Crippen LogP contribution in [0, 0.1) is 13.8 Å². The SMILES string of the molecule is Cc1cc(N2CCN(C)CC2)nc(N2CCN(c3ncnc4c(C)csc34)CC2)n1. The van der Waals surface area contributed by atoms with E-state index in [1.54, 1.807) is 17.7 Å². The number of nitrogens with zero attached hydrogens (tertiary/aromatic N) is 8. The predicted molar refractivity (Wildman–Crippen MR) is 123 cm³/mol. The van der Waals surface area contributed by atoms with Crippen LogP contribution in [0.15, 0.2) is 17.8 Å². The molecule has 2 fully saturated rings. The fraction of sp³-hybridized carbons (Fsp3) is 0.524. The van der Waals surface area contributed by atoms with Gasteiger partial charge < -0.3 is 19.6 Å². The van der Waals surface area contributed by atoms with Gasteiger partial charge in [-0.15, -0.1) is 11.3 Å². The molecule has 3 aromatic rings. The van der Waals surface area contributed by atoms with E-state index in [1.807, 2.05) is 0 Å². The summed E-state index contributed by atoms with van der Waals surface area (Å²) in [6.45, 7) is 12.0. The van der Waals surface area contributed by atoms with Crippen LogP contribution in [0.1, 0.15) is 11.3 Å². The highest BCUT2D eigenvalue weighted by molar-refractivity contribution is 7.18. The number of likely N-dealkylation sites (N-methyl/N-ethyl adjacent to an activating group) is 1. The van der Waals surface area contributed by atoms with Gasteiger partial charge in [0.2, 0.25) is 5.95 Å². The molecule has 0 aliphatic carbocycles. The average molecular weight is 425 g/mol. The number of hydrogen-bond acceptors (Lipinski definition) is 9. The third-order valence-electron chi connectivity index (χ3n) is 6.03. The first-order valence-corrected chi connectivity index (χ1v) is 11.4. The van der Waals surface area contributed by atoms with E-state index < -0.39 is 0 Å². The van der Waals surface area contributed by atoms with Gasteiger partial charge in [0.05, 0.1) is 10.2 Å². The number of piperazine rings is 2. The lowest BCUT2D eigenvalue weighted by Crippen LogP contribution is -2.48. The van der Waals surface area contributed by atoms with E-state index in [0.717, 1.165) is 81.2 Å². The van der Waals surface area contributed by atoms with Crippen molar-refractivity contribution in [1.29, 1.82) is 0 Å². The first kappa shape index (κ1) is 19.4. The van der Waals surface area contributed by atoms with E-state index in [9.17, 15) is 0 Å². The Kier molecular flexibility index (Phi) is 5.16. The second-order valence-electron chi connectivity index (χ2n) is 8.23. The zero-order chi connectivity index (χ0) is 20.7. The first-order valence-electron chi connectivity index (χ1n) is 10.6. The van der Waals surface area contributed by atoms with Crippen molar-refractivity contribution >= 4 is 39.1 Å². The van der Waals surface area contributed by atoms with Gasteiger partial charge in [-0.1, -0.05) is 0 Å². The summed E-state index contributed by atoms with van der Waals surface area (Å²) in [5.74, 6) is 2.96. The fourth-order valence-electron chi connectivity index (χ4n) is 4.18. The number of hydrogen-bond donors (Lipinski definition) is 0. The largest absolute Gasteiger partial charge is 0.354 e. The lowest BCUT2D eigenvalue weighted by Gasteiger charge is -2.37. The minimum Gasteiger partial charge on any atom is -0.354 e. The second-order valence-corrected chi connectivity index (χ2v) is 9.11. The molecule has 0 aromatic carbocycles. The number of aromatic nitrogens is 4. The van der Waals surface area contributed by atoms with Crippen LogP contribution in [-0.4, -0.2) is 84.2 Å². The molecule has 0 amide bonds. The molecule has 158 valence electrons. The van der Waals surface area contributed by atoms with Crippen LogP contribution < -0.4 is 14.7 Å². The van der Waals surface area contributed by atoms with Gasteiger partial charge in [-0.05, 0) is 31.8 Å². The van der Waals surface area contributed by atoms with E-state index in [-0.39, 0.29) is 0 Å². The molecule has 9 heteroatoms. The van der Waals surface area contributed by atoms with Crippen molar-refractivity contribution < 1.29 is 0 Å². The fourth-order valence-corrected chi connectivity index (χ4v) is 5.19. The highest BCUT2D eigenvalue weighted by Crippen LogP contribution is 2.31. The molecule has 5 heterocycles. The maximum atomic E-state index is 4.94. The predicted octanol–water partition coefficient (Wildman–Crippen LogP) is 2.18. The number of thiophene rings is 1. The Labute approximate surface area is 181 Å². The highest BCUT2D eigenvalue weighted by Gasteiger charge is 2.24. The third-order valence-corrected chi connectivity index (χ3v) is 7.11. The summed E-state index contributed by atoms with van der Waals surface area (Å²) in [7, 11) is 2.18. The quantitative estimate of drug-likeness (QED) is 0.634. The Morgan fingerprint density at radius 1 is 0.833 bits per heavy atom. The van der Waals surface area contributed by atoms with Crippen LogP contribution in [0.2, 0.25) is 0 Å². The standard InChI is InChI=1S/C21H28N8S/c1-15-13-30-19-18(15)22-14-23-20(19)28-8-10-29(11-9-28)21-24-16(2)12-17(25-21)27-6-4-26(3)5-7-27/h12-14H,4-11H2,1-3H3. The van der Waals surface area contributed by atoms with Gasteiger partial charge in [-0.3, -0.25) is 0 Å². The van der Waals surface area contributed by atoms with E-state index in [4.69, 9.17) is 9.97 Å². The Morgan fingerprint density at radius 3 is 2.30 bits per heavy atom. The summed E-state index contributed by atoms with van der Waals surface area (Å²) in [5, 5.41) is 2.17. The van der Waals surface area contributed by atoms with Crippen molar-refractivity contribution in [3.05, 3.63) is 29.0 Å². The van der Waals surface area contributed by atoms with Crippen LogP contribution in [0.5, 0.6) is 0 Å². The number of rotatable bonds is 3. The third kappa shape index (κ3) is 3.67. The number of anilines is 3. The van der Waals surface area contributed by atoms with Gasteiger partial charge in [0.15, 0.2) is 0 Å². The average Bonchev–Trinajstić information content (AvgIpc) is 3.15. The van der Waals surface area contributed by atoms with Crippen molar-refractivity contribution in [3.63, 3.8) is 0 Å². The maximum absolute atomic E-state index is 4.94. The van der Waals surface area contributed by atoms with Crippen LogP contribution >= 0.6 is 11.3 Å². The normalized spacial score (nSPS) is 18.4. The Balaban J connectivity index is 1.32. The van der Waals surface area contributed by atoms with Gasteiger partial charge in [-0.2, -0.15) is 4.98 Å². The summed E-state index contributed by atoms with van der Waals surface area (Å²) in [5.41, 5.74) is 3.33. The molecule has 0 atom stereocenters. The molecular weight excluding hydrogens is 396 g/mol. The summed E-state index contributed by atoms with van der Waals surface area (Å²) in [6, 6.07) is 2.11. The zero-order valence-electron chi connectivity index (χ0n) is 17.9. The molecule has 5 rings (SSSR count). The molecule has 2 aliphatic rings. The van der Waals surface area contributed by atoms with Crippen LogP contribution in [0.3, 0.4) is 0 Å². The lowest BCUT2D eigenvalue weighted by molar-refractivity contribution is 0.312. The Morgan fingerprint density at radius 2 is 1.53 bits per heavy atom. The highest BCUT2D eigenvalue weighted by atomic mass is 32.1. The topological polar surface area (TPSA) is 64.5 Å². The first-order chi connectivity index (χ1) is 14.6. The molecule has 0 spiro atoms. The summed E-state index contributed by atoms with van der Waals surface area (Å²) in [6.07, 6.45) is 1.69. The summed E-state index contributed by atoms with van der Waals surface area (Å²) < 4.78 is 1.19. The van der Waals surface area contributed by atoms with Crippen LogP contribution in [0.25, 0.3) is 10.2 Å². The van der Waals surface area contributed by atoms with E-state index >= 15 is 0 Å². The van der Waals surface area contributed by atoms with E-state index in [2.05, 4.69) is 61.9 Å². The van der Waals surface area contributed by atoms with Gasteiger partial charge >= 0.3 is 0 Å². The number of fused-ring (bicyclic) bond motifs is 1. The minimum atomic E-state index is 0.850. The van der Waals surface area contributed by atoms with Crippen LogP contribution in [-0.2, 0) is 0 Å². The minimum absolute atomic E-state index is 0.850. The van der Waals surface area contributed by atoms with Crippen molar-refractivity contribution in [2.24, 2.45) is 0 Å². The van der Waals surface area contributed by atoms with Gasteiger partial charge in [-0.25, -0.2) is 15.0 Å². The monoisotopic (exact) mass is 424 g/mol. The van der Waals surface area contributed by atoms with Gasteiger partial charge in [0.1, 0.15) is 18.0 Å². The number of aryl methyl sites for hydroxylation is 2. The molecule has 2 aliphatic heterocycles. The smallest absolute Gasteiger partial charge is 0.227 e. The molecule has 0 saturated carbocycles. The Bertz CT molecular complexity index is 1030. The van der Waals surface area contributed by atoms with Crippen molar-refractivity contribution in [3.8, 4) is 0 Å². The molecule has 2 saturated heterocycles. The molecule has 3 aromatic heterocycles. The van der Waals surface area contributed by atoms with Gasteiger partial charge in [0.25, 0.3) is 0 Å². The molecule has 30 heavy (non-hydrogen) atoms. The van der Waals surface area contributed by atoms with Crippen molar-refractivity contribution in [2.75, 3.05) is 74.1 Å². The zero-order valence-corrected chi connectivity index (χ0v) is 18.7. The summed E-state index contributed by atoms with van der Waals surface area (Å²) >= 11 is 1.74. The maximum Gasteiger partial charge on any atom is 0.227 e. The summed E-state index contributed by atoms with van der Waals surface area (Å²) in [4.78, 5) is 28.2. The molecular formula is C21H28N8S. The molecule has 0 unspecified atom stereocenters. The molecule has 0 radical (unpaired) electrons. The van der Waals surface area contributed by atoms with Crippen molar-refractivity contribution in [1.82, 2.24) is 24.8 Å². The van der Waals surface area contributed by atoms with E-state index in [0.29, 0.717) is 0 Å². The molecule has 0 N–H and O–H groups in total. The molecule has 8 nitrogen and oxygen atoms in total. The second kappa shape index (κ2) is 7.96. The Hall–Kier alpha value is -2.52. The molecule has 0 bridgehead atoms. The van der Waals surface area contributed by atoms with E-state index in [1.165, 1.54) is 10.3 Å². The van der Waals surface area contributed by atoms with Crippen LogP contribution in [0.4, 0.5) is 17.6 Å². The lowest BCUT2D eigenvalue weighted by atomic mass is 10.2. The van der Waals surface area contributed by atoms with Crippen molar-refractivity contribution in [2.45, 2.75) is 13.8 Å². The van der Waals surface area contributed by atoms with Gasteiger partial charge in [0, 0.05) is 64.1 Å².